The van der Waals surface area contributed by atoms with Crippen LogP contribution in [0.2, 0.25) is 20.1 Å². The Labute approximate surface area is 123 Å². The van der Waals surface area contributed by atoms with E-state index in [-0.39, 0.29) is 25.8 Å². The minimum atomic E-state index is 0.144. The lowest BCUT2D eigenvalue weighted by Gasteiger charge is -2.22. The van der Waals surface area contributed by atoms with Crippen LogP contribution in [0.5, 0.6) is 11.5 Å². The summed E-state index contributed by atoms with van der Waals surface area (Å²) in [4.78, 5) is 10.3. The topological polar surface area (TPSA) is 18.5 Å². The molecule has 0 atom stereocenters. The Bertz CT molecular complexity index is 655. The molecule has 0 bridgehead atoms. The number of fused-ring (bicyclic) bond motifs is 3. The first-order valence-corrected chi connectivity index (χ1v) is 6.42. The lowest BCUT2D eigenvalue weighted by Crippen LogP contribution is -2.09. The van der Waals surface area contributed by atoms with Crippen molar-refractivity contribution >= 4 is 46.4 Å². The standard InChI is InChI=1S/C12H4Cl4O2/c13-8-7-5-3-1-2-4-6(5)17-18-12(7)11(16)10(15)9(8)14/h1-4H. The third-order valence-electron chi connectivity index (χ3n) is 2.60. The van der Waals surface area contributed by atoms with Gasteiger partial charge in [0.15, 0.2) is 5.75 Å². The maximum Gasteiger partial charge on any atom is 0.208 e. The van der Waals surface area contributed by atoms with Gasteiger partial charge in [-0.15, -0.1) is 0 Å². The molecule has 1 heterocycles. The summed E-state index contributed by atoms with van der Waals surface area (Å²) in [5.41, 5.74) is 1.34. The second-order valence-corrected chi connectivity index (χ2v) is 5.13. The van der Waals surface area contributed by atoms with Crippen molar-refractivity contribution in [2.24, 2.45) is 0 Å². The summed E-state index contributed by atoms with van der Waals surface area (Å²) in [5, 5.41) is 0.805. The fraction of sp³-hybridized carbons (Fsp3) is 0. The van der Waals surface area contributed by atoms with Crippen LogP contribution < -0.4 is 9.78 Å². The first-order valence-electron chi connectivity index (χ1n) is 4.91. The molecule has 2 aromatic rings. The minimum Gasteiger partial charge on any atom is -0.289 e. The minimum absolute atomic E-state index is 0.144. The smallest absolute Gasteiger partial charge is 0.208 e. The van der Waals surface area contributed by atoms with Crippen LogP contribution in [-0.4, -0.2) is 0 Å². The molecule has 0 aliphatic carbocycles. The van der Waals surface area contributed by atoms with Crippen molar-refractivity contribution in [3.8, 4) is 22.6 Å². The van der Waals surface area contributed by atoms with Gasteiger partial charge in [0, 0.05) is 5.56 Å². The van der Waals surface area contributed by atoms with Crippen molar-refractivity contribution in [1.82, 2.24) is 0 Å². The zero-order valence-corrected chi connectivity index (χ0v) is 11.7. The molecule has 92 valence electrons. The predicted molar refractivity (Wildman–Crippen MR) is 73.2 cm³/mol. The van der Waals surface area contributed by atoms with Gasteiger partial charge in [0.05, 0.1) is 20.6 Å². The Morgan fingerprint density at radius 1 is 0.722 bits per heavy atom. The maximum atomic E-state index is 6.21. The van der Waals surface area contributed by atoms with Crippen molar-refractivity contribution < 1.29 is 9.78 Å². The molecule has 1 aliphatic heterocycles. The number of para-hydroxylation sites is 1. The summed E-state index contributed by atoms with van der Waals surface area (Å²) < 4.78 is 0. The van der Waals surface area contributed by atoms with Gasteiger partial charge < -0.3 is 0 Å². The molecule has 0 N–H and O–H groups in total. The van der Waals surface area contributed by atoms with Gasteiger partial charge in [-0.2, -0.15) is 0 Å². The fourth-order valence-electron chi connectivity index (χ4n) is 1.76. The molecule has 0 spiro atoms. The van der Waals surface area contributed by atoms with E-state index in [9.17, 15) is 0 Å². The second-order valence-electron chi connectivity index (χ2n) is 3.62. The summed E-state index contributed by atoms with van der Waals surface area (Å²) in [6, 6.07) is 7.26. The molecule has 2 nitrogen and oxygen atoms in total. The molecule has 0 saturated carbocycles. The summed E-state index contributed by atoms with van der Waals surface area (Å²) in [5.74, 6) is 0.816. The van der Waals surface area contributed by atoms with E-state index in [1.165, 1.54) is 0 Å². The van der Waals surface area contributed by atoms with Gasteiger partial charge in [0.2, 0.25) is 5.75 Å². The van der Waals surface area contributed by atoms with Gasteiger partial charge in [-0.25, -0.2) is 0 Å². The van der Waals surface area contributed by atoms with Crippen LogP contribution in [0.25, 0.3) is 11.1 Å². The Morgan fingerprint density at radius 2 is 1.39 bits per heavy atom. The lowest BCUT2D eigenvalue weighted by atomic mass is 10.0. The molecule has 0 unspecified atom stereocenters. The SMILES string of the molecule is Clc1c(Cl)c(Cl)c2c(c1Cl)OOc1ccccc1-2. The Hall–Kier alpha value is -0.800. The van der Waals surface area contributed by atoms with E-state index in [1.807, 2.05) is 18.2 Å². The number of benzene rings is 2. The van der Waals surface area contributed by atoms with Crippen molar-refractivity contribution in [3.05, 3.63) is 44.4 Å². The van der Waals surface area contributed by atoms with Gasteiger partial charge in [-0.3, -0.25) is 9.78 Å². The molecule has 18 heavy (non-hydrogen) atoms. The Morgan fingerprint density at radius 3 is 2.17 bits per heavy atom. The largest absolute Gasteiger partial charge is 0.289 e. The lowest BCUT2D eigenvalue weighted by molar-refractivity contribution is -0.102. The summed E-state index contributed by atoms with van der Waals surface area (Å²) in [6.07, 6.45) is 0. The number of hydrogen-bond donors (Lipinski definition) is 0. The third-order valence-corrected chi connectivity index (χ3v) is 4.38. The molecular formula is C12H4Cl4O2. The van der Waals surface area contributed by atoms with Crippen LogP contribution in [0.15, 0.2) is 24.3 Å². The summed E-state index contributed by atoms with van der Waals surface area (Å²) >= 11 is 24.3. The highest BCUT2D eigenvalue weighted by atomic mass is 35.5. The fourth-order valence-corrected chi connectivity index (χ4v) is 2.73. The molecular weight excluding hydrogens is 318 g/mol. The first-order chi connectivity index (χ1) is 8.61. The highest BCUT2D eigenvalue weighted by Gasteiger charge is 2.29. The van der Waals surface area contributed by atoms with Crippen LogP contribution in [0.1, 0.15) is 0 Å². The molecule has 0 fully saturated rings. The van der Waals surface area contributed by atoms with Crippen LogP contribution in [0, 0.1) is 0 Å². The summed E-state index contributed by atoms with van der Waals surface area (Å²) in [7, 11) is 0. The van der Waals surface area contributed by atoms with Crippen LogP contribution in [0.3, 0.4) is 0 Å². The average Bonchev–Trinajstić information content (AvgIpc) is 2.41. The van der Waals surface area contributed by atoms with E-state index in [0.29, 0.717) is 11.3 Å². The Kier molecular flexibility index (Phi) is 2.99. The molecule has 1 aliphatic rings. The second kappa shape index (κ2) is 4.39. The first kappa shape index (κ1) is 12.2. The van der Waals surface area contributed by atoms with Crippen LogP contribution in [0.4, 0.5) is 0 Å². The van der Waals surface area contributed by atoms with E-state index in [1.54, 1.807) is 6.07 Å². The van der Waals surface area contributed by atoms with Crippen molar-refractivity contribution in [2.75, 3.05) is 0 Å². The average molecular weight is 322 g/mol. The van der Waals surface area contributed by atoms with Crippen molar-refractivity contribution in [2.45, 2.75) is 0 Å². The van der Waals surface area contributed by atoms with E-state index < -0.39 is 0 Å². The molecule has 2 aromatic carbocycles. The van der Waals surface area contributed by atoms with Gasteiger partial charge in [0.25, 0.3) is 0 Å². The molecule has 6 heteroatoms. The quantitative estimate of drug-likeness (QED) is 0.354. The van der Waals surface area contributed by atoms with Gasteiger partial charge in [0.1, 0.15) is 5.02 Å². The molecule has 3 rings (SSSR count). The number of hydrogen-bond acceptors (Lipinski definition) is 2. The molecule has 0 radical (unpaired) electrons. The van der Waals surface area contributed by atoms with Crippen molar-refractivity contribution in [1.29, 1.82) is 0 Å². The number of halogens is 4. The zero-order valence-electron chi connectivity index (χ0n) is 8.64. The van der Waals surface area contributed by atoms with Crippen molar-refractivity contribution in [3.63, 3.8) is 0 Å². The van der Waals surface area contributed by atoms with E-state index in [4.69, 9.17) is 56.2 Å². The molecule has 0 amide bonds. The normalized spacial score (nSPS) is 12.2. The highest BCUT2D eigenvalue weighted by molar-refractivity contribution is 6.53. The van der Waals surface area contributed by atoms with Crippen LogP contribution in [-0.2, 0) is 0 Å². The summed E-state index contributed by atoms with van der Waals surface area (Å²) in [6.45, 7) is 0. The maximum absolute atomic E-state index is 6.21. The zero-order chi connectivity index (χ0) is 12.9. The Balaban J connectivity index is 2.41. The van der Waals surface area contributed by atoms with E-state index in [2.05, 4.69) is 0 Å². The molecule has 0 aromatic heterocycles. The highest BCUT2D eigenvalue weighted by Crippen LogP contribution is 2.53. The monoisotopic (exact) mass is 320 g/mol. The third kappa shape index (κ3) is 1.64. The van der Waals surface area contributed by atoms with Gasteiger partial charge >= 0.3 is 0 Å². The number of rotatable bonds is 0. The van der Waals surface area contributed by atoms with E-state index >= 15 is 0 Å². The van der Waals surface area contributed by atoms with Crippen LogP contribution >= 0.6 is 46.4 Å². The van der Waals surface area contributed by atoms with Gasteiger partial charge in [-0.1, -0.05) is 64.6 Å². The van der Waals surface area contributed by atoms with E-state index in [0.717, 1.165) is 5.56 Å². The molecule has 0 saturated heterocycles. The predicted octanol–water partition coefficient (Wildman–Crippen LogP) is 5.65. The van der Waals surface area contributed by atoms with Gasteiger partial charge in [-0.05, 0) is 6.07 Å².